The minimum atomic E-state index is -0.530. The van der Waals surface area contributed by atoms with E-state index in [4.69, 9.17) is 0 Å². The Labute approximate surface area is 232 Å². The van der Waals surface area contributed by atoms with Crippen LogP contribution in [0.1, 0.15) is 56.6 Å². The predicted octanol–water partition coefficient (Wildman–Crippen LogP) is 6.75. The van der Waals surface area contributed by atoms with E-state index in [1.165, 1.54) is 25.2 Å². The molecule has 0 bridgehead atoms. The molecule has 4 aromatic rings. The highest BCUT2D eigenvalue weighted by Gasteiger charge is 2.18. The molecule has 0 saturated carbocycles. The van der Waals surface area contributed by atoms with Gasteiger partial charge in [0, 0.05) is 32.3 Å². The van der Waals surface area contributed by atoms with Crippen molar-refractivity contribution in [1.82, 2.24) is 20.3 Å². The van der Waals surface area contributed by atoms with Crippen LogP contribution in [0, 0.1) is 0 Å². The van der Waals surface area contributed by atoms with Crippen LogP contribution in [0.15, 0.2) is 70.7 Å². The maximum absolute atomic E-state index is 13.0. The normalized spacial score (nSPS) is 11.4. The second kappa shape index (κ2) is 11.7. The number of amides is 2. The lowest BCUT2D eigenvalue weighted by Crippen LogP contribution is -2.40. The highest BCUT2D eigenvalue weighted by atomic mass is 32.2. The molecule has 0 aliphatic heterocycles. The summed E-state index contributed by atoms with van der Waals surface area (Å²) in [5, 5.41) is 9.86. The number of hydrogen-bond acceptors (Lipinski definition) is 8. The maximum Gasteiger partial charge on any atom is 0.411 e. The second-order valence-corrected chi connectivity index (χ2v) is 11.4. The van der Waals surface area contributed by atoms with Gasteiger partial charge in [0.1, 0.15) is 12.1 Å². The Kier molecular flexibility index (Phi) is 8.35. The third-order valence-electron chi connectivity index (χ3n) is 5.61. The van der Waals surface area contributed by atoms with E-state index >= 15 is 0 Å². The SMILES string of the molecule is COC(=O)Nc1ccc(Sc2ccc(C(=O)NC(C)(C)C)cc2Nc2ncnc3nc(C(C)C)ccc23)cc1. The lowest BCUT2D eigenvalue weighted by Gasteiger charge is -2.21. The second-order valence-electron chi connectivity index (χ2n) is 10.3. The molecule has 2 aromatic carbocycles. The van der Waals surface area contributed by atoms with Crippen molar-refractivity contribution in [1.29, 1.82) is 0 Å². The van der Waals surface area contributed by atoms with E-state index in [1.54, 1.807) is 18.2 Å². The first-order chi connectivity index (χ1) is 18.5. The number of carbonyl (C=O) groups is 2. The van der Waals surface area contributed by atoms with Crippen molar-refractivity contribution in [2.75, 3.05) is 17.7 Å². The standard InChI is InChI=1S/C29H32N6O3S/c1-17(2)22-13-12-21-25(33-22)30-16-31-26(21)34-23-15-18(27(36)35-29(3,4)5)7-14-24(23)39-20-10-8-19(9-11-20)32-28(37)38-6/h7-17H,1-6H3,(H,32,37)(H,35,36)(H,30,31,33,34). The van der Waals surface area contributed by atoms with Crippen LogP contribution in [0.5, 0.6) is 0 Å². The minimum absolute atomic E-state index is 0.170. The summed E-state index contributed by atoms with van der Waals surface area (Å²) in [5.74, 6) is 0.697. The van der Waals surface area contributed by atoms with Crippen LogP contribution in [-0.4, -0.2) is 39.6 Å². The van der Waals surface area contributed by atoms with Crippen LogP contribution in [0.2, 0.25) is 0 Å². The number of nitrogens with zero attached hydrogens (tertiary/aromatic N) is 3. The average Bonchev–Trinajstić information content (AvgIpc) is 2.89. The molecule has 0 saturated heterocycles. The van der Waals surface area contributed by atoms with Crippen molar-refractivity contribution in [3.63, 3.8) is 0 Å². The van der Waals surface area contributed by atoms with Crippen LogP contribution in [-0.2, 0) is 4.74 Å². The lowest BCUT2D eigenvalue weighted by molar-refractivity contribution is 0.0919. The third kappa shape index (κ3) is 7.23. The number of carbonyl (C=O) groups excluding carboxylic acids is 2. The molecule has 9 nitrogen and oxygen atoms in total. The Morgan fingerprint density at radius 3 is 2.38 bits per heavy atom. The monoisotopic (exact) mass is 544 g/mol. The van der Waals surface area contributed by atoms with Gasteiger partial charge in [0.25, 0.3) is 5.91 Å². The van der Waals surface area contributed by atoms with Crippen molar-refractivity contribution >= 4 is 52.0 Å². The summed E-state index contributed by atoms with van der Waals surface area (Å²) in [6.45, 7) is 10.0. The summed E-state index contributed by atoms with van der Waals surface area (Å²) in [6.07, 6.45) is 0.954. The van der Waals surface area contributed by atoms with Crippen LogP contribution in [0.25, 0.3) is 11.0 Å². The van der Waals surface area contributed by atoms with Crippen LogP contribution < -0.4 is 16.0 Å². The summed E-state index contributed by atoms with van der Waals surface area (Å²) < 4.78 is 4.65. The zero-order valence-corrected chi connectivity index (χ0v) is 23.6. The first-order valence-electron chi connectivity index (χ1n) is 12.5. The number of hydrogen-bond donors (Lipinski definition) is 3. The van der Waals surface area contributed by atoms with E-state index < -0.39 is 6.09 Å². The molecular weight excluding hydrogens is 512 g/mol. The Bertz CT molecular complexity index is 1500. The largest absolute Gasteiger partial charge is 0.453 e. The van der Waals surface area contributed by atoms with E-state index in [-0.39, 0.29) is 17.4 Å². The molecule has 10 heteroatoms. The Balaban J connectivity index is 1.70. The highest BCUT2D eigenvalue weighted by molar-refractivity contribution is 7.99. The Morgan fingerprint density at radius 1 is 0.974 bits per heavy atom. The molecule has 202 valence electrons. The van der Waals surface area contributed by atoms with Gasteiger partial charge in [-0.25, -0.2) is 19.7 Å². The summed E-state index contributed by atoms with van der Waals surface area (Å²) in [7, 11) is 1.32. The van der Waals surface area contributed by atoms with Crippen LogP contribution >= 0.6 is 11.8 Å². The van der Waals surface area contributed by atoms with Gasteiger partial charge < -0.3 is 15.4 Å². The molecular formula is C29H32N6O3S. The number of benzene rings is 2. The molecule has 2 amide bonds. The first kappa shape index (κ1) is 27.8. The number of ether oxygens (including phenoxy) is 1. The third-order valence-corrected chi connectivity index (χ3v) is 6.69. The minimum Gasteiger partial charge on any atom is -0.453 e. The van der Waals surface area contributed by atoms with Gasteiger partial charge in [0.05, 0.1) is 18.2 Å². The lowest BCUT2D eigenvalue weighted by atomic mass is 10.1. The van der Waals surface area contributed by atoms with Crippen molar-refractivity contribution < 1.29 is 14.3 Å². The molecule has 0 aliphatic carbocycles. The van der Waals surface area contributed by atoms with Gasteiger partial charge in [-0.3, -0.25) is 10.1 Å². The number of rotatable bonds is 7. The molecule has 4 rings (SSSR count). The number of fused-ring (bicyclic) bond motifs is 1. The molecule has 3 N–H and O–H groups in total. The van der Waals surface area contributed by atoms with Gasteiger partial charge in [0.15, 0.2) is 5.65 Å². The van der Waals surface area contributed by atoms with E-state index in [0.29, 0.717) is 28.4 Å². The molecule has 39 heavy (non-hydrogen) atoms. The summed E-state index contributed by atoms with van der Waals surface area (Å²) >= 11 is 1.51. The fourth-order valence-corrected chi connectivity index (χ4v) is 4.56. The van der Waals surface area contributed by atoms with E-state index in [0.717, 1.165) is 20.9 Å². The smallest absolute Gasteiger partial charge is 0.411 e. The fourth-order valence-electron chi connectivity index (χ4n) is 3.68. The number of anilines is 3. The predicted molar refractivity (Wildman–Crippen MR) is 155 cm³/mol. The number of aromatic nitrogens is 3. The van der Waals surface area contributed by atoms with Crippen molar-refractivity contribution in [3.05, 3.63) is 72.2 Å². The maximum atomic E-state index is 13.0. The Morgan fingerprint density at radius 2 is 1.72 bits per heavy atom. The number of pyridine rings is 1. The molecule has 0 fully saturated rings. The van der Waals surface area contributed by atoms with Crippen molar-refractivity contribution in [2.45, 2.75) is 55.9 Å². The molecule has 0 unspecified atom stereocenters. The topological polar surface area (TPSA) is 118 Å². The van der Waals surface area contributed by atoms with Gasteiger partial charge in [-0.15, -0.1) is 0 Å². The van der Waals surface area contributed by atoms with Crippen molar-refractivity contribution in [2.24, 2.45) is 0 Å². The van der Waals surface area contributed by atoms with Gasteiger partial charge in [0.2, 0.25) is 0 Å². The summed E-state index contributed by atoms with van der Waals surface area (Å²) in [6, 6.07) is 16.9. The molecule has 2 heterocycles. The van der Waals surface area contributed by atoms with E-state index in [1.807, 2.05) is 57.2 Å². The molecule has 0 spiro atoms. The zero-order chi connectivity index (χ0) is 28.2. The molecule has 2 aromatic heterocycles. The van der Waals surface area contributed by atoms with Gasteiger partial charge >= 0.3 is 6.09 Å². The van der Waals surface area contributed by atoms with Crippen molar-refractivity contribution in [3.8, 4) is 0 Å². The summed E-state index contributed by atoms with van der Waals surface area (Å²) in [4.78, 5) is 39.8. The quantitative estimate of drug-likeness (QED) is 0.234. The number of methoxy groups -OCH3 is 1. The summed E-state index contributed by atoms with van der Waals surface area (Å²) in [5.41, 5.74) is 3.04. The van der Waals surface area contributed by atoms with E-state index in [9.17, 15) is 9.59 Å². The Hall–Kier alpha value is -4.18. The van der Waals surface area contributed by atoms with Crippen LogP contribution in [0.4, 0.5) is 22.0 Å². The van der Waals surface area contributed by atoms with Gasteiger partial charge in [-0.05, 0) is 81.3 Å². The van der Waals surface area contributed by atoms with E-state index in [2.05, 4.69) is 49.5 Å². The molecule has 0 radical (unpaired) electrons. The zero-order valence-electron chi connectivity index (χ0n) is 22.8. The molecule has 0 aliphatic rings. The molecule has 0 atom stereocenters. The highest BCUT2D eigenvalue weighted by Crippen LogP contribution is 2.37. The number of nitrogens with one attached hydrogen (secondary N) is 3. The van der Waals surface area contributed by atoms with Gasteiger partial charge in [-0.2, -0.15) is 0 Å². The van der Waals surface area contributed by atoms with Crippen LogP contribution in [0.3, 0.4) is 0 Å². The first-order valence-corrected chi connectivity index (χ1v) is 13.3. The fraction of sp³-hybridized carbons (Fsp3) is 0.276. The average molecular weight is 545 g/mol. The van der Waals surface area contributed by atoms with Gasteiger partial charge in [-0.1, -0.05) is 25.6 Å².